The van der Waals surface area contributed by atoms with E-state index in [-0.39, 0.29) is 13.0 Å². The molecule has 0 aromatic heterocycles. The van der Waals surface area contributed by atoms with E-state index in [2.05, 4.69) is 5.32 Å². The van der Waals surface area contributed by atoms with Gasteiger partial charge in [-0.15, -0.1) is 0 Å². The number of amides is 1. The zero-order valence-electron chi connectivity index (χ0n) is 12.2. The Labute approximate surface area is 118 Å². The van der Waals surface area contributed by atoms with E-state index in [1.807, 2.05) is 6.92 Å². The second-order valence-corrected chi connectivity index (χ2v) is 5.01. The average Bonchev–Trinajstić information content (AvgIpc) is 2.31. The predicted octanol–water partition coefficient (Wildman–Crippen LogP) is 2.37. The molecule has 3 N–H and O–H groups in total. The van der Waals surface area contributed by atoms with Gasteiger partial charge in [0, 0.05) is 19.6 Å². The highest BCUT2D eigenvalue weighted by molar-refractivity contribution is 5.84. The van der Waals surface area contributed by atoms with Gasteiger partial charge in [-0.3, -0.25) is 4.79 Å². The molecule has 0 aliphatic rings. The molecule has 0 saturated heterocycles. The molecule has 7 heteroatoms. The molecule has 0 heterocycles. The van der Waals surface area contributed by atoms with Crippen molar-refractivity contribution in [2.24, 2.45) is 5.73 Å². The van der Waals surface area contributed by atoms with Crippen LogP contribution in [-0.4, -0.2) is 37.4 Å². The minimum Gasteiger partial charge on any atom is -0.381 e. The van der Waals surface area contributed by atoms with Crippen LogP contribution in [0, 0.1) is 0 Å². The molecule has 0 rings (SSSR count). The van der Waals surface area contributed by atoms with E-state index in [9.17, 15) is 18.0 Å². The maximum absolute atomic E-state index is 11.9. The summed E-state index contributed by atoms with van der Waals surface area (Å²) in [6.07, 6.45) is -2.93. The Balaban J connectivity index is 3.63. The van der Waals surface area contributed by atoms with E-state index in [1.165, 1.54) is 0 Å². The summed E-state index contributed by atoms with van der Waals surface area (Å²) in [7, 11) is 0. The van der Waals surface area contributed by atoms with Crippen LogP contribution in [0.2, 0.25) is 0 Å². The number of alkyl halides is 3. The monoisotopic (exact) mass is 298 g/mol. The van der Waals surface area contributed by atoms with E-state index in [0.717, 1.165) is 6.42 Å². The zero-order valence-corrected chi connectivity index (χ0v) is 12.2. The molecule has 0 aliphatic carbocycles. The molecular formula is C13H25F3N2O2. The topological polar surface area (TPSA) is 64.3 Å². The second-order valence-electron chi connectivity index (χ2n) is 5.01. The number of rotatable bonds is 11. The molecule has 0 aromatic carbocycles. The first kappa shape index (κ1) is 19.2. The Morgan fingerprint density at radius 2 is 1.75 bits per heavy atom. The van der Waals surface area contributed by atoms with Gasteiger partial charge in [-0.25, -0.2) is 0 Å². The van der Waals surface area contributed by atoms with Crippen molar-refractivity contribution in [1.82, 2.24) is 5.32 Å². The van der Waals surface area contributed by atoms with Crippen molar-refractivity contribution in [2.75, 3.05) is 19.8 Å². The highest BCUT2D eigenvalue weighted by Crippen LogP contribution is 2.21. The molecule has 0 aliphatic heterocycles. The van der Waals surface area contributed by atoms with Crippen LogP contribution in [0.5, 0.6) is 0 Å². The molecular weight excluding hydrogens is 273 g/mol. The summed E-state index contributed by atoms with van der Waals surface area (Å²) in [6.45, 7) is 4.81. The number of ether oxygens (including phenoxy) is 1. The van der Waals surface area contributed by atoms with Gasteiger partial charge in [-0.05, 0) is 39.2 Å². The van der Waals surface area contributed by atoms with Crippen molar-refractivity contribution < 1.29 is 22.7 Å². The number of carbonyl (C=O) groups is 1. The number of likely N-dealkylation sites (N-methyl/N-ethyl adjacent to an activating group) is 1. The summed E-state index contributed by atoms with van der Waals surface area (Å²) in [5.74, 6) is -0.398. The number of hydrogen-bond donors (Lipinski definition) is 2. The third kappa shape index (κ3) is 9.14. The van der Waals surface area contributed by atoms with Crippen LogP contribution in [0.1, 0.15) is 46.0 Å². The maximum atomic E-state index is 11.9. The number of unbranched alkanes of at least 4 members (excludes halogenated alkanes) is 1. The molecule has 1 amide bonds. The fraction of sp³-hybridized carbons (Fsp3) is 0.923. The summed E-state index contributed by atoms with van der Waals surface area (Å²) < 4.78 is 40.7. The SMILES string of the molecule is CCNC(C)(CCCCOCCCC(F)(F)F)C(N)=O. The number of halogens is 3. The molecule has 4 nitrogen and oxygen atoms in total. The van der Waals surface area contributed by atoms with Crippen LogP contribution < -0.4 is 11.1 Å². The molecule has 1 atom stereocenters. The minimum absolute atomic E-state index is 0.0140. The first-order chi connectivity index (χ1) is 9.21. The number of primary amides is 1. The zero-order chi connectivity index (χ0) is 15.6. The largest absolute Gasteiger partial charge is 0.389 e. The number of nitrogens with two attached hydrogens (primary N) is 1. The van der Waals surface area contributed by atoms with Gasteiger partial charge in [-0.1, -0.05) is 6.92 Å². The summed E-state index contributed by atoms with van der Waals surface area (Å²) in [5, 5.41) is 3.05. The van der Waals surface area contributed by atoms with Gasteiger partial charge in [-0.2, -0.15) is 13.2 Å². The van der Waals surface area contributed by atoms with E-state index in [4.69, 9.17) is 10.5 Å². The highest BCUT2D eigenvalue weighted by Gasteiger charge is 2.29. The molecule has 0 radical (unpaired) electrons. The number of nitrogens with one attached hydrogen (secondary N) is 1. The van der Waals surface area contributed by atoms with Crippen LogP contribution in [0.4, 0.5) is 13.2 Å². The summed E-state index contributed by atoms with van der Waals surface area (Å²) >= 11 is 0. The molecule has 0 bridgehead atoms. The van der Waals surface area contributed by atoms with Crippen LogP contribution >= 0.6 is 0 Å². The van der Waals surface area contributed by atoms with E-state index in [0.29, 0.717) is 26.0 Å². The Kier molecular flexibility index (Phi) is 8.80. The lowest BCUT2D eigenvalue weighted by Crippen LogP contribution is -2.52. The molecule has 120 valence electrons. The van der Waals surface area contributed by atoms with Crippen molar-refractivity contribution in [1.29, 1.82) is 0 Å². The van der Waals surface area contributed by atoms with E-state index >= 15 is 0 Å². The lowest BCUT2D eigenvalue weighted by molar-refractivity contribution is -0.137. The lowest BCUT2D eigenvalue weighted by Gasteiger charge is -2.26. The average molecular weight is 298 g/mol. The van der Waals surface area contributed by atoms with Crippen molar-refractivity contribution >= 4 is 5.91 Å². The van der Waals surface area contributed by atoms with Crippen LogP contribution in [-0.2, 0) is 9.53 Å². The fourth-order valence-electron chi connectivity index (χ4n) is 1.85. The minimum atomic E-state index is -4.11. The Morgan fingerprint density at radius 3 is 2.25 bits per heavy atom. The molecule has 0 aromatic rings. The summed E-state index contributed by atoms with van der Waals surface area (Å²) in [4.78, 5) is 11.3. The van der Waals surface area contributed by atoms with E-state index in [1.54, 1.807) is 6.92 Å². The van der Waals surface area contributed by atoms with Gasteiger partial charge in [0.2, 0.25) is 5.91 Å². The third-order valence-electron chi connectivity index (χ3n) is 3.08. The van der Waals surface area contributed by atoms with Crippen LogP contribution in [0.15, 0.2) is 0 Å². The van der Waals surface area contributed by atoms with Crippen LogP contribution in [0.25, 0.3) is 0 Å². The number of carbonyl (C=O) groups excluding carboxylic acids is 1. The third-order valence-corrected chi connectivity index (χ3v) is 3.08. The summed E-state index contributed by atoms with van der Waals surface area (Å²) in [5.41, 5.74) is 4.61. The van der Waals surface area contributed by atoms with Gasteiger partial charge >= 0.3 is 6.18 Å². The standard InChI is InChI=1S/C13H25F3N2O2/c1-3-18-12(2,11(17)19)7-4-5-9-20-10-6-8-13(14,15)16/h18H,3-10H2,1-2H3,(H2,17,19). The highest BCUT2D eigenvalue weighted by atomic mass is 19.4. The van der Waals surface area contributed by atoms with E-state index < -0.39 is 24.0 Å². The van der Waals surface area contributed by atoms with Gasteiger partial charge in [0.25, 0.3) is 0 Å². The van der Waals surface area contributed by atoms with Crippen molar-refractivity contribution in [2.45, 2.75) is 57.7 Å². The Morgan fingerprint density at radius 1 is 1.15 bits per heavy atom. The molecule has 0 spiro atoms. The normalized spacial score (nSPS) is 15.1. The molecule has 0 fully saturated rings. The van der Waals surface area contributed by atoms with Crippen molar-refractivity contribution in [3.63, 3.8) is 0 Å². The first-order valence-corrected chi connectivity index (χ1v) is 6.90. The summed E-state index contributed by atoms with van der Waals surface area (Å²) in [6, 6.07) is 0. The maximum Gasteiger partial charge on any atom is 0.389 e. The van der Waals surface area contributed by atoms with Gasteiger partial charge in [0.1, 0.15) is 0 Å². The molecule has 20 heavy (non-hydrogen) atoms. The second kappa shape index (κ2) is 9.18. The van der Waals surface area contributed by atoms with Gasteiger partial charge in [0.05, 0.1) is 5.54 Å². The Hall–Kier alpha value is -0.820. The van der Waals surface area contributed by atoms with Crippen molar-refractivity contribution in [3.8, 4) is 0 Å². The smallest absolute Gasteiger partial charge is 0.381 e. The van der Waals surface area contributed by atoms with Gasteiger partial charge < -0.3 is 15.8 Å². The molecule has 1 unspecified atom stereocenters. The van der Waals surface area contributed by atoms with Gasteiger partial charge in [0.15, 0.2) is 0 Å². The quantitative estimate of drug-likeness (QED) is 0.576. The van der Waals surface area contributed by atoms with Crippen molar-refractivity contribution in [3.05, 3.63) is 0 Å². The number of hydrogen-bond acceptors (Lipinski definition) is 3. The van der Waals surface area contributed by atoms with Crippen LogP contribution in [0.3, 0.4) is 0 Å². The predicted molar refractivity (Wildman–Crippen MR) is 71.2 cm³/mol. The first-order valence-electron chi connectivity index (χ1n) is 6.90. The lowest BCUT2D eigenvalue weighted by atomic mass is 9.94. The fourth-order valence-corrected chi connectivity index (χ4v) is 1.85. The molecule has 0 saturated carbocycles. The Bertz CT molecular complexity index is 285.